The van der Waals surface area contributed by atoms with E-state index in [9.17, 15) is 9.18 Å². The molecule has 1 aliphatic rings. The molecule has 0 saturated heterocycles. The van der Waals surface area contributed by atoms with Crippen molar-refractivity contribution < 1.29 is 14.3 Å². The molecule has 1 aromatic carbocycles. The number of halogens is 1. The van der Waals surface area contributed by atoms with Crippen molar-refractivity contribution in [1.82, 2.24) is 0 Å². The van der Waals surface area contributed by atoms with Gasteiger partial charge < -0.3 is 5.11 Å². The third kappa shape index (κ3) is 1.76. The van der Waals surface area contributed by atoms with Gasteiger partial charge in [-0.2, -0.15) is 5.26 Å². The van der Waals surface area contributed by atoms with Crippen molar-refractivity contribution in [2.45, 2.75) is 24.7 Å². The Labute approximate surface area is 92.1 Å². The number of nitriles is 1. The molecule has 1 aromatic rings. The first-order chi connectivity index (χ1) is 7.57. The Balaban J connectivity index is 2.35. The van der Waals surface area contributed by atoms with Gasteiger partial charge in [0.05, 0.1) is 12.0 Å². The molecule has 0 amide bonds. The fraction of sp³-hybridized carbons (Fsp3) is 0.333. The van der Waals surface area contributed by atoms with Crippen molar-refractivity contribution >= 4 is 5.97 Å². The zero-order valence-electron chi connectivity index (χ0n) is 8.53. The molecule has 16 heavy (non-hydrogen) atoms. The lowest BCUT2D eigenvalue weighted by Crippen LogP contribution is -2.13. The van der Waals surface area contributed by atoms with Crippen LogP contribution in [0.5, 0.6) is 0 Å². The van der Waals surface area contributed by atoms with Gasteiger partial charge in [0.15, 0.2) is 0 Å². The molecule has 1 saturated carbocycles. The number of hydrogen-bond donors (Lipinski definition) is 1. The van der Waals surface area contributed by atoms with E-state index in [1.807, 2.05) is 0 Å². The summed E-state index contributed by atoms with van der Waals surface area (Å²) in [6.07, 6.45) is 1.62. The smallest absolute Gasteiger partial charge is 0.304 e. The minimum atomic E-state index is -0.861. The van der Waals surface area contributed by atoms with Gasteiger partial charge in [0, 0.05) is 5.41 Å². The lowest BCUT2D eigenvalue weighted by Gasteiger charge is -2.13. The van der Waals surface area contributed by atoms with E-state index in [1.54, 1.807) is 12.1 Å². The Bertz CT molecular complexity index is 486. The van der Waals surface area contributed by atoms with Crippen LogP contribution in [0.25, 0.3) is 0 Å². The molecule has 0 atom stereocenters. The van der Waals surface area contributed by atoms with Crippen LogP contribution in [0.3, 0.4) is 0 Å². The molecule has 0 bridgehead atoms. The van der Waals surface area contributed by atoms with Gasteiger partial charge in [-0.25, -0.2) is 4.39 Å². The molecule has 0 aliphatic heterocycles. The second kappa shape index (κ2) is 3.60. The average Bonchev–Trinajstić information content (AvgIpc) is 2.98. The maximum absolute atomic E-state index is 13.1. The minimum absolute atomic E-state index is 0.0193. The predicted molar refractivity (Wildman–Crippen MR) is 54.3 cm³/mol. The van der Waals surface area contributed by atoms with Crippen molar-refractivity contribution in [2.24, 2.45) is 0 Å². The molecular weight excluding hydrogens is 209 g/mol. The number of rotatable bonds is 3. The molecule has 0 radical (unpaired) electrons. The van der Waals surface area contributed by atoms with Gasteiger partial charge in [-0.1, -0.05) is 6.07 Å². The van der Waals surface area contributed by atoms with Gasteiger partial charge in [0.1, 0.15) is 11.9 Å². The summed E-state index contributed by atoms with van der Waals surface area (Å²) in [4.78, 5) is 10.7. The largest absolute Gasteiger partial charge is 0.481 e. The van der Waals surface area contributed by atoms with Gasteiger partial charge >= 0.3 is 5.97 Å². The Morgan fingerprint density at radius 3 is 2.75 bits per heavy atom. The Morgan fingerprint density at radius 1 is 1.56 bits per heavy atom. The van der Waals surface area contributed by atoms with Gasteiger partial charge in [0.25, 0.3) is 0 Å². The normalized spacial score (nSPS) is 16.5. The van der Waals surface area contributed by atoms with Gasteiger partial charge in [0.2, 0.25) is 0 Å². The highest BCUT2D eigenvalue weighted by Crippen LogP contribution is 2.51. The number of nitrogens with zero attached hydrogens (tertiary/aromatic N) is 1. The number of carboxylic acid groups (broad SMARTS) is 1. The molecular formula is C12H10FNO2. The van der Waals surface area contributed by atoms with Crippen molar-refractivity contribution in [3.05, 3.63) is 35.1 Å². The van der Waals surface area contributed by atoms with Gasteiger partial charge in [-0.15, -0.1) is 0 Å². The van der Waals surface area contributed by atoms with Crippen LogP contribution < -0.4 is 0 Å². The molecule has 0 heterocycles. The Kier molecular flexibility index (Phi) is 2.39. The lowest BCUT2D eigenvalue weighted by atomic mass is 9.91. The molecule has 0 unspecified atom stereocenters. The quantitative estimate of drug-likeness (QED) is 0.847. The maximum atomic E-state index is 13.1. The first-order valence-electron chi connectivity index (χ1n) is 4.99. The highest BCUT2D eigenvalue weighted by atomic mass is 19.1. The van der Waals surface area contributed by atoms with Crippen LogP contribution in [0, 0.1) is 17.1 Å². The van der Waals surface area contributed by atoms with E-state index in [0.29, 0.717) is 0 Å². The van der Waals surface area contributed by atoms with Crippen LogP contribution in [0.15, 0.2) is 18.2 Å². The third-order valence-electron chi connectivity index (χ3n) is 3.04. The Hall–Kier alpha value is -1.89. The van der Waals surface area contributed by atoms with Crippen molar-refractivity contribution in [2.75, 3.05) is 0 Å². The van der Waals surface area contributed by atoms with Crippen LogP contribution in [0.4, 0.5) is 4.39 Å². The second-order valence-electron chi connectivity index (χ2n) is 4.16. The summed E-state index contributed by atoms with van der Waals surface area (Å²) in [7, 11) is 0. The second-order valence-corrected chi connectivity index (χ2v) is 4.16. The monoisotopic (exact) mass is 219 g/mol. The zero-order valence-corrected chi connectivity index (χ0v) is 8.53. The van der Waals surface area contributed by atoms with Crippen LogP contribution in [0.2, 0.25) is 0 Å². The van der Waals surface area contributed by atoms with E-state index in [4.69, 9.17) is 10.4 Å². The van der Waals surface area contributed by atoms with E-state index in [-0.39, 0.29) is 17.4 Å². The lowest BCUT2D eigenvalue weighted by molar-refractivity contribution is -0.137. The predicted octanol–water partition coefficient (Wildman–Crippen LogP) is 2.20. The van der Waals surface area contributed by atoms with Gasteiger partial charge in [-0.05, 0) is 30.5 Å². The molecule has 82 valence electrons. The summed E-state index contributed by atoms with van der Waals surface area (Å²) in [5.74, 6) is -1.42. The molecule has 1 aliphatic carbocycles. The number of benzene rings is 1. The fourth-order valence-corrected chi connectivity index (χ4v) is 1.95. The van der Waals surface area contributed by atoms with E-state index in [1.165, 1.54) is 12.1 Å². The molecule has 1 N–H and O–H groups in total. The minimum Gasteiger partial charge on any atom is -0.481 e. The number of carboxylic acids is 1. The van der Waals surface area contributed by atoms with E-state index in [0.717, 1.165) is 18.4 Å². The summed E-state index contributed by atoms with van der Waals surface area (Å²) in [6.45, 7) is 0. The molecule has 1 fully saturated rings. The molecule has 0 spiro atoms. The van der Waals surface area contributed by atoms with Gasteiger partial charge in [-0.3, -0.25) is 4.79 Å². The SMILES string of the molecule is N#Cc1cc(C2(CC(=O)O)CC2)ccc1F. The number of aliphatic carboxylic acids is 1. The molecule has 0 aromatic heterocycles. The van der Waals surface area contributed by atoms with Crippen LogP contribution in [-0.4, -0.2) is 11.1 Å². The van der Waals surface area contributed by atoms with Crippen molar-refractivity contribution in [1.29, 1.82) is 5.26 Å². The standard InChI is InChI=1S/C12H10FNO2/c13-10-2-1-9(5-8(10)7-14)12(3-4-12)6-11(15)16/h1-2,5H,3-4,6H2,(H,15,16). The average molecular weight is 219 g/mol. The van der Waals surface area contributed by atoms with Crippen LogP contribution in [0.1, 0.15) is 30.4 Å². The number of hydrogen-bond acceptors (Lipinski definition) is 2. The highest BCUT2D eigenvalue weighted by molar-refractivity contribution is 5.70. The fourth-order valence-electron chi connectivity index (χ4n) is 1.95. The van der Waals surface area contributed by atoms with E-state index in [2.05, 4.69) is 0 Å². The summed E-state index contributed by atoms with van der Waals surface area (Å²) >= 11 is 0. The topological polar surface area (TPSA) is 61.1 Å². The summed E-state index contributed by atoms with van der Waals surface area (Å²) in [5.41, 5.74) is 0.368. The summed E-state index contributed by atoms with van der Waals surface area (Å²) in [6, 6.07) is 6.04. The van der Waals surface area contributed by atoms with Crippen molar-refractivity contribution in [3.8, 4) is 6.07 Å². The first-order valence-corrected chi connectivity index (χ1v) is 4.99. The first kappa shape index (κ1) is 10.6. The summed E-state index contributed by atoms with van der Waals surface area (Å²) < 4.78 is 13.1. The van der Waals surface area contributed by atoms with Crippen LogP contribution >= 0.6 is 0 Å². The molecule has 4 heteroatoms. The Morgan fingerprint density at radius 2 is 2.25 bits per heavy atom. The third-order valence-corrected chi connectivity index (χ3v) is 3.04. The molecule has 3 nitrogen and oxygen atoms in total. The molecule has 2 rings (SSSR count). The maximum Gasteiger partial charge on any atom is 0.304 e. The van der Waals surface area contributed by atoms with E-state index < -0.39 is 11.8 Å². The number of carbonyl (C=O) groups is 1. The van der Waals surface area contributed by atoms with Crippen molar-refractivity contribution in [3.63, 3.8) is 0 Å². The summed E-state index contributed by atoms with van der Waals surface area (Å²) in [5, 5.41) is 17.5. The highest BCUT2D eigenvalue weighted by Gasteiger charge is 2.46. The van der Waals surface area contributed by atoms with Crippen LogP contribution in [-0.2, 0) is 10.2 Å². The van der Waals surface area contributed by atoms with E-state index >= 15 is 0 Å². The zero-order chi connectivity index (χ0) is 11.8.